The maximum Gasteiger partial charge on any atom is 0.159 e. The van der Waals surface area contributed by atoms with E-state index in [4.69, 9.17) is 5.11 Å². The molecule has 0 radical (unpaired) electrons. The second kappa shape index (κ2) is 5.67. The first kappa shape index (κ1) is 13.3. The van der Waals surface area contributed by atoms with Gasteiger partial charge in [0.25, 0.3) is 0 Å². The van der Waals surface area contributed by atoms with Crippen molar-refractivity contribution in [2.45, 2.75) is 13.1 Å². The minimum Gasteiger partial charge on any atom is -0.504 e. The lowest BCUT2D eigenvalue weighted by Gasteiger charge is -2.06. The summed E-state index contributed by atoms with van der Waals surface area (Å²) < 4.78 is 25.7. The van der Waals surface area contributed by atoms with E-state index in [0.29, 0.717) is 18.7 Å². The maximum atomic E-state index is 13.0. The Balaban J connectivity index is 1.92. The van der Waals surface area contributed by atoms with Crippen molar-refractivity contribution < 1.29 is 19.0 Å². The Hall–Kier alpha value is -2.14. The molecule has 0 bridgehead atoms. The number of nitrogens with one attached hydrogen (secondary N) is 1. The van der Waals surface area contributed by atoms with Crippen LogP contribution in [0.5, 0.6) is 11.5 Å². The lowest BCUT2D eigenvalue weighted by atomic mass is 10.2. The summed E-state index contributed by atoms with van der Waals surface area (Å²) in [7, 11) is 0. The lowest BCUT2D eigenvalue weighted by molar-refractivity contribution is 0.403. The molecule has 5 heteroatoms. The Labute approximate surface area is 109 Å². The van der Waals surface area contributed by atoms with Gasteiger partial charge in [0.15, 0.2) is 23.1 Å². The molecule has 2 aromatic rings. The minimum absolute atomic E-state index is 0.177. The lowest BCUT2D eigenvalue weighted by Crippen LogP contribution is -2.12. The van der Waals surface area contributed by atoms with Gasteiger partial charge in [-0.2, -0.15) is 0 Å². The van der Waals surface area contributed by atoms with Gasteiger partial charge < -0.3 is 15.5 Å². The molecule has 0 saturated carbocycles. The molecule has 0 spiro atoms. The van der Waals surface area contributed by atoms with Crippen molar-refractivity contribution in [1.29, 1.82) is 0 Å². The van der Waals surface area contributed by atoms with Crippen molar-refractivity contribution in [1.82, 2.24) is 5.32 Å². The van der Waals surface area contributed by atoms with Gasteiger partial charge in [0.1, 0.15) is 0 Å². The van der Waals surface area contributed by atoms with E-state index in [-0.39, 0.29) is 11.5 Å². The third-order valence-corrected chi connectivity index (χ3v) is 2.68. The predicted octanol–water partition coefficient (Wildman–Crippen LogP) is 2.67. The topological polar surface area (TPSA) is 52.5 Å². The van der Waals surface area contributed by atoms with E-state index in [1.165, 1.54) is 18.2 Å². The average molecular weight is 265 g/mol. The van der Waals surface area contributed by atoms with Crippen molar-refractivity contribution in [2.24, 2.45) is 0 Å². The molecule has 0 unspecified atom stereocenters. The van der Waals surface area contributed by atoms with Crippen LogP contribution in [0.4, 0.5) is 8.78 Å². The largest absolute Gasteiger partial charge is 0.504 e. The summed E-state index contributed by atoms with van der Waals surface area (Å²) in [5.74, 6) is -2.11. The fourth-order valence-electron chi connectivity index (χ4n) is 1.68. The van der Waals surface area contributed by atoms with Crippen LogP contribution in [-0.4, -0.2) is 10.2 Å². The van der Waals surface area contributed by atoms with Crippen LogP contribution in [0, 0.1) is 11.6 Å². The number of aromatic hydroxyl groups is 2. The van der Waals surface area contributed by atoms with Gasteiger partial charge in [-0.15, -0.1) is 0 Å². The zero-order valence-electron chi connectivity index (χ0n) is 10.0. The fraction of sp³-hybridized carbons (Fsp3) is 0.143. The van der Waals surface area contributed by atoms with Gasteiger partial charge in [-0.3, -0.25) is 0 Å². The number of halogens is 2. The van der Waals surface area contributed by atoms with Crippen molar-refractivity contribution in [2.75, 3.05) is 0 Å². The number of benzene rings is 2. The molecule has 19 heavy (non-hydrogen) atoms. The first-order chi connectivity index (χ1) is 9.06. The Kier molecular flexibility index (Phi) is 3.97. The molecule has 0 atom stereocenters. The van der Waals surface area contributed by atoms with E-state index < -0.39 is 11.6 Å². The number of phenols is 2. The van der Waals surface area contributed by atoms with Crippen molar-refractivity contribution in [3.63, 3.8) is 0 Å². The predicted molar refractivity (Wildman–Crippen MR) is 66.7 cm³/mol. The highest BCUT2D eigenvalue weighted by atomic mass is 19.2. The SMILES string of the molecule is Oc1ccc(CNCc2ccc(F)c(F)c2)cc1O. The van der Waals surface area contributed by atoms with E-state index in [0.717, 1.165) is 17.7 Å². The summed E-state index contributed by atoms with van der Waals surface area (Å²) in [6.07, 6.45) is 0. The Morgan fingerprint density at radius 2 is 1.42 bits per heavy atom. The first-order valence-corrected chi connectivity index (χ1v) is 5.72. The van der Waals surface area contributed by atoms with E-state index in [1.807, 2.05) is 0 Å². The standard InChI is InChI=1S/C14H13F2NO2/c15-11-3-1-9(5-12(11)16)7-17-8-10-2-4-13(18)14(19)6-10/h1-6,17-19H,7-8H2. The zero-order chi connectivity index (χ0) is 13.8. The summed E-state index contributed by atoms with van der Waals surface area (Å²) in [5, 5.41) is 21.5. The van der Waals surface area contributed by atoms with Gasteiger partial charge in [-0.25, -0.2) is 8.78 Å². The molecule has 0 aliphatic rings. The molecule has 0 aliphatic carbocycles. The summed E-state index contributed by atoms with van der Waals surface area (Å²) in [4.78, 5) is 0. The fourth-order valence-corrected chi connectivity index (χ4v) is 1.68. The minimum atomic E-state index is -0.874. The second-order valence-electron chi connectivity index (χ2n) is 4.18. The van der Waals surface area contributed by atoms with Gasteiger partial charge in [0, 0.05) is 13.1 Å². The van der Waals surface area contributed by atoms with Crippen LogP contribution in [-0.2, 0) is 13.1 Å². The second-order valence-corrected chi connectivity index (χ2v) is 4.18. The molecule has 0 aliphatic heterocycles. The van der Waals surface area contributed by atoms with Crippen LogP contribution in [0.1, 0.15) is 11.1 Å². The average Bonchev–Trinajstić information content (AvgIpc) is 2.38. The van der Waals surface area contributed by atoms with Gasteiger partial charge >= 0.3 is 0 Å². The Bertz CT molecular complexity index is 536. The van der Waals surface area contributed by atoms with Crippen molar-refractivity contribution in [3.05, 3.63) is 59.2 Å². The summed E-state index contributed by atoms with van der Waals surface area (Å²) in [5.41, 5.74) is 1.40. The molecule has 100 valence electrons. The molecule has 2 aromatic carbocycles. The molecule has 0 amide bonds. The molecular formula is C14H13F2NO2. The Morgan fingerprint density at radius 3 is 2.05 bits per heavy atom. The van der Waals surface area contributed by atoms with E-state index in [2.05, 4.69) is 5.32 Å². The zero-order valence-corrected chi connectivity index (χ0v) is 10.0. The molecule has 3 nitrogen and oxygen atoms in total. The van der Waals surface area contributed by atoms with Crippen LogP contribution in [0.2, 0.25) is 0 Å². The van der Waals surface area contributed by atoms with Crippen LogP contribution in [0.15, 0.2) is 36.4 Å². The van der Waals surface area contributed by atoms with Gasteiger partial charge in [-0.05, 0) is 35.4 Å². The van der Waals surface area contributed by atoms with Crippen molar-refractivity contribution >= 4 is 0 Å². The summed E-state index contributed by atoms with van der Waals surface area (Å²) in [6.45, 7) is 0.811. The van der Waals surface area contributed by atoms with Crippen LogP contribution in [0.25, 0.3) is 0 Å². The molecule has 0 aromatic heterocycles. The third kappa shape index (κ3) is 3.42. The highest BCUT2D eigenvalue weighted by molar-refractivity contribution is 5.40. The van der Waals surface area contributed by atoms with Crippen molar-refractivity contribution in [3.8, 4) is 11.5 Å². The summed E-state index contributed by atoms with van der Waals surface area (Å²) >= 11 is 0. The highest BCUT2D eigenvalue weighted by Crippen LogP contribution is 2.24. The van der Waals surface area contributed by atoms with E-state index in [1.54, 1.807) is 6.07 Å². The van der Waals surface area contributed by atoms with E-state index >= 15 is 0 Å². The van der Waals surface area contributed by atoms with Gasteiger partial charge in [0.2, 0.25) is 0 Å². The van der Waals surface area contributed by atoms with E-state index in [9.17, 15) is 13.9 Å². The summed E-state index contributed by atoms with van der Waals surface area (Å²) in [6, 6.07) is 8.21. The molecule has 0 saturated heterocycles. The molecule has 2 rings (SSSR count). The number of rotatable bonds is 4. The third-order valence-electron chi connectivity index (χ3n) is 2.68. The Morgan fingerprint density at radius 1 is 0.789 bits per heavy atom. The normalized spacial score (nSPS) is 10.6. The molecule has 0 fully saturated rings. The number of hydrogen-bond donors (Lipinski definition) is 3. The molecular weight excluding hydrogens is 252 g/mol. The smallest absolute Gasteiger partial charge is 0.159 e. The number of phenolic OH excluding ortho intramolecular Hbond substituents is 2. The molecule has 3 N–H and O–H groups in total. The monoisotopic (exact) mass is 265 g/mol. The maximum absolute atomic E-state index is 13.0. The number of hydrogen-bond acceptors (Lipinski definition) is 3. The highest BCUT2D eigenvalue weighted by Gasteiger charge is 2.03. The van der Waals surface area contributed by atoms with Gasteiger partial charge in [0.05, 0.1) is 0 Å². The van der Waals surface area contributed by atoms with Crippen LogP contribution in [0.3, 0.4) is 0 Å². The molecule has 0 heterocycles. The van der Waals surface area contributed by atoms with Gasteiger partial charge in [-0.1, -0.05) is 12.1 Å². The first-order valence-electron chi connectivity index (χ1n) is 5.72. The quantitative estimate of drug-likeness (QED) is 0.745. The van der Waals surface area contributed by atoms with Crippen LogP contribution < -0.4 is 5.32 Å². The van der Waals surface area contributed by atoms with Crippen LogP contribution >= 0.6 is 0 Å².